The number of alkyl halides is 1. The molecular weight excluding hydrogens is 376 g/mol. The average Bonchev–Trinajstić information content (AvgIpc) is 2.50. The van der Waals surface area contributed by atoms with E-state index in [1.54, 1.807) is 0 Å². The second-order valence-electron chi connectivity index (χ2n) is 7.70. The molecule has 2 atom stereocenters. The first kappa shape index (κ1) is 22.0. The Labute approximate surface area is 162 Å². The van der Waals surface area contributed by atoms with Crippen LogP contribution in [0.1, 0.15) is 60.8 Å². The van der Waals surface area contributed by atoms with Crippen LogP contribution in [0.5, 0.6) is 0 Å². The van der Waals surface area contributed by atoms with E-state index in [0.29, 0.717) is 12.5 Å². The van der Waals surface area contributed by atoms with Gasteiger partial charge in [0.2, 0.25) is 0 Å². The third kappa shape index (κ3) is 7.77. The number of hydrogen-bond acceptors (Lipinski definition) is 2. The quantitative estimate of drug-likeness (QED) is 0.271. The highest BCUT2D eigenvalue weighted by Crippen LogP contribution is 2.41. The molecule has 0 N–H and O–H groups in total. The molecule has 25 heavy (non-hydrogen) atoms. The van der Waals surface area contributed by atoms with E-state index in [1.807, 2.05) is 13.0 Å². The van der Waals surface area contributed by atoms with Crippen molar-refractivity contribution in [3.63, 3.8) is 0 Å². The van der Waals surface area contributed by atoms with Gasteiger partial charge in [0.1, 0.15) is 6.61 Å². The van der Waals surface area contributed by atoms with Crippen molar-refractivity contribution in [3.8, 4) is 0 Å². The van der Waals surface area contributed by atoms with E-state index in [4.69, 9.17) is 4.74 Å². The summed E-state index contributed by atoms with van der Waals surface area (Å²) < 4.78 is 4.92. The van der Waals surface area contributed by atoms with Gasteiger partial charge < -0.3 is 4.74 Å². The predicted molar refractivity (Wildman–Crippen MR) is 111 cm³/mol. The fraction of sp³-hybridized carbons (Fsp3) is 0.591. The van der Waals surface area contributed by atoms with Crippen molar-refractivity contribution >= 4 is 21.9 Å². The third-order valence-corrected chi connectivity index (χ3v) is 5.99. The highest BCUT2D eigenvalue weighted by Gasteiger charge is 2.26. The van der Waals surface area contributed by atoms with Crippen molar-refractivity contribution in [2.75, 3.05) is 6.61 Å². The maximum Gasteiger partial charge on any atom is 0.302 e. The molecular formula is C22H33BrO2. The van der Waals surface area contributed by atoms with Crippen LogP contribution in [-0.2, 0) is 9.53 Å². The van der Waals surface area contributed by atoms with Crippen LogP contribution >= 0.6 is 15.9 Å². The van der Waals surface area contributed by atoms with Crippen molar-refractivity contribution in [1.82, 2.24) is 0 Å². The second-order valence-corrected chi connectivity index (χ2v) is 8.76. The molecule has 2 nitrogen and oxygen atoms in total. The van der Waals surface area contributed by atoms with E-state index in [-0.39, 0.29) is 16.2 Å². The van der Waals surface area contributed by atoms with Gasteiger partial charge in [-0.05, 0) is 56.1 Å². The summed E-state index contributed by atoms with van der Waals surface area (Å²) in [4.78, 5) is 11.0. The first-order valence-electron chi connectivity index (χ1n) is 9.14. The van der Waals surface area contributed by atoms with Crippen molar-refractivity contribution < 1.29 is 9.53 Å². The van der Waals surface area contributed by atoms with Crippen molar-refractivity contribution in [2.24, 2.45) is 11.3 Å². The molecule has 1 aliphatic carbocycles. The molecule has 0 radical (unpaired) electrons. The van der Waals surface area contributed by atoms with E-state index in [0.717, 1.165) is 5.57 Å². The summed E-state index contributed by atoms with van der Waals surface area (Å²) >= 11 is 3.77. The summed E-state index contributed by atoms with van der Waals surface area (Å²) in [5.74, 6) is 0.149. The highest BCUT2D eigenvalue weighted by atomic mass is 79.9. The number of carbonyl (C=O) groups is 1. The molecule has 0 saturated heterocycles. The molecule has 0 spiro atoms. The molecule has 0 bridgehead atoms. The zero-order valence-corrected chi connectivity index (χ0v) is 18.2. The van der Waals surface area contributed by atoms with Gasteiger partial charge in [0.15, 0.2) is 0 Å². The number of esters is 1. The number of hydrogen-bond donors (Lipinski definition) is 0. The SMILES string of the molecule is CC(=O)OC/C=C(C)\C=C\[C@@H](Br)[C@H](C)/C=C/C1=C(C)CCCC1(C)C. The van der Waals surface area contributed by atoms with E-state index < -0.39 is 0 Å². The van der Waals surface area contributed by atoms with Gasteiger partial charge in [0.25, 0.3) is 0 Å². The summed E-state index contributed by atoms with van der Waals surface area (Å²) in [6.07, 6.45) is 14.6. The Kier molecular flexibility index (Phi) is 8.92. The molecule has 0 fully saturated rings. The van der Waals surface area contributed by atoms with E-state index >= 15 is 0 Å². The Morgan fingerprint density at radius 2 is 2.00 bits per heavy atom. The maximum absolute atomic E-state index is 10.8. The molecule has 0 unspecified atom stereocenters. The van der Waals surface area contributed by atoms with Crippen molar-refractivity contribution in [2.45, 2.75) is 65.6 Å². The highest BCUT2D eigenvalue weighted by molar-refractivity contribution is 9.09. The smallest absolute Gasteiger partial charge is 0.302 e. The molecule has 0 aromatic heterocycles. The largest absolute Gasteiger partial charge is 0.462 e. The molecule has 0 amide bonds. The van der Waals surface area contributed by atoms with Gasteiger partial charge in [-0.25, -0.2) is 0 Å². The molecule has 0 aromatic rings. The summed E-state index contributed by atoms with van der Waals surface area (Å²) in [7, 11) is 0. The summed E-state index contributed by atoms with van der Waals surface area (Å²) in [6.45, 7) is 13.0. The van der Waals surface area contributed by atoms with Gasteiger partial charge in [-0.15, -0.1) is 0 Å². The Hall–Kier alpha value is -1.09. The second kappa shape index (κ2) is 10.2. The van der Waals surface area contributed by atoms with Crippen LogP contribution in [0.3, 0.4) is 0 Å². The molecule has 1 aliphatic rings. The predicted octanol–water partition coefficient (Wildman–Crippen LogP) is 6.53. The van der Waals surface area contributed by atoms with Gasteiger partial charge in [-0.3, -0.25) is 4.79 Å². The average molecular weight is 409 g/mol. The fourth-order valence-electron chi connectivity index (χ4n) is 3.14. The summed E-state index contributed by atoms with van der Waals surface area (Å²) in [5, 5.41) is 0. The number of ether oxygens (including phenoxy) is 1. The third-order valence-electron chi connectivity index (χ3n) is 4.85. The Balaban J connectivity index is 2.65. The van der Waals surface area contributed by atoms with Crippen molar-refractivity contribution in [1.29, 1.82) is 0 Å². The first-order chi connectivity index (χ1) is 11.6. The topological polar surface area (TPSA) is 26.3 Å². The molecule has 0 heterocycles. The molecule has 0 saturated carbocycles. The van der Waals surface area contributed by atoms with Gasteiger partial charge in [0, 0.05) is 11.8 Å². The number of rotatable bonds is 7. The lowest BCUT2D eigenvalue weighted by Crippen LogP contribution is -2.19. The van der Waals surface area contributed by atoms with Crippen LogP contribution < -0.4 is 0 Å². The molecule has 3 heteroatoms. The number of carbonyl (C=O) groups excluding carboxylic acids is 1. The Morgan fingerprint density at radius 3 is 2.60 bits per heavy atom. The van der Waals surface area contributed by atoms with Crippen molar-refractivity contribution in [3.05, 3.63) is 47.1 Å². The number of allylic oxidation sites excluding steroid dienone is 7. The summed E-state index contributed by atoms with van der Waals surface area (Å²) in [6, 6.07) is 0. The zero-order chi connectivity index (χ0) is 19.0. The zero-order valence-electron chi connectivity index (χ0n) is 16.6. The van der Waals surface area contributed by atoms with E-state index in [2.05, 4.69) is 67.9 Å². The van der Waals surface area contributed by atoms with Crippen LogP contribution in [0.4, 0.5) is 0 Å². The van der Waals surface area contributed by atoms with Crippen LogP contribution in [0.15, 0.2) is 47.1 Å². The molecule has 1 rings (SSSR count). The lowest BCUT2D eigenvalue weighted by molar-refractivity contribution is -0.139. The normalized spacial score (nSPS) is 21.0. The van der Waals surface area contributed by atoms with Gasteiger partial charge in [-0.1, -0.05) is 72.2 Å². The monoisotopic (exact) mass is 408 g/mol. The Bertz CT molecular complexity index is 579. The minimum Gasteiger partial charge on any atom is -0.462 e. The van der Waals surface area contributed by atoms with Crippen LogP contribution in [0.2, 0.25) is 0 Å². The number of halogens is 1. The molecule has 0 aliphatic heterocycles. The molecule has 0 aromatic carbocycles. The Morgan fingerprint density at radius 1 is 1.32 bits per heavy atom. The fourth-order valence-corrected chi connectivity index (χ4v) is 3.47. The van der Waals surface area contributed by atoms with Gasteiger partial charge in [-0.2, -0.15) is 0 Å². The minimum absolute atomic E-state index is 0.250. The van der Waals surface area contributed by atoms with Gasteiger partial charge in [0.05, 0.1) is 0 Å². The lowest BCUT2D eigenvalue weighted by atomic mass is 9.72. The first-order valence-corrected chi connectivity index (χ1v) is 10.1. The standard InChI is InChI=1S/C22H33BrO2/c1-16(13-15-25-19(4)24)9-12-21(23)18(3)10-11-20-17(2)8-7-14-22(20,5)6/h9-13,18,21H,7-8,14-15H2,1-6H3/b11-10+,12-9+,16-13-/t18-,21-/m1/s1. The maximum atomic E-state index is 10.8. The van der Waals surface area contributed by atoms with Gasteiger partial charge >= 0.3 is 5.97 Å². The van der Waals surface area contributed by atoms with Crippen LogP contribution in [-0.4, -0.2) is 17.4 Å². The minimum atomic E-state index is -0.250. The van der Waals surface area contributed by atoms with Crippen LogP contribution in [0, 0.1) is 11.3 Å². The van der Waals surface area contributed by atoms with Crippen LogP contribution in [0.25, 0.3) is 0 Å². The van der Waals surface area contributed by atoms with E-state index in [9.17, 15) is 4.79 Å². The summed E-state index contributed by atoms with van der Waals surface area (Å²) in [5.41, 5.74) is 4.41. The molecule has 140 valence electrons. The lowest BCUT2D eigenvalue weighted by Gasteiger charge is -2.33. The van der Waals surface area contributed by atoms with E-state index in [1.165, 1.54) is 37.3 Å².